The molecule has 0 saturated carbocycles. The van der Waals surface area contributed by atoms with Crippen LogP contribution in [0.15, 0.2) is 46.1 Å². The molecule has 3 rings (SSSR count). The first-order valence-electron chi connectivity index (χ1n) is 7.08. The van der Waals surface area contributed by atoms with Crippen LogP contribution in [0.2, 0.25) is 0 Å². The van der Waals surface area contributed by atoms with Crippen LogP contribution in [0.4, 0.5) is 5.13 Å². The van der Waals surface area contributed by atoms with Crippen LogP contribution in [-0.4, -0.2) is 16.7 Å². The van der Waals surface area contributed by atoms with Crippen molar-refractivity contribution in [3.05, 3.63) is 57.8 Å². The molecule has 0 unspecified atom stereocenters. The zero-order chi connectivity index (χ0) is 15.2. The molecule has 6 heteroatoms. The second-order valence-electron chi connectivity index (χ2n) is 4.84. The lowest BCUT2D eigenvalue weighted by Gasteiger charge is -2.02. The molecule has 0 aliphatic carbocycles. The summed E-state index contributed by atoms with van der Waals surface area (Å²) in [5.74, 6) is 0.941. The minimum atomic E-state index is 0.900. The van der Waals surface area contributed by atoms with Gasteiger partial charge < -0.3 is 5.32 Å². The van der Waals surface area contributed by atoms with E-state index in [2.05, 4.69) is 64.2 Å². The number of benzene rings is 1. The van der Waals surface area contributed by atoms with Gasteiger partial charge in [-0.25, -0.2) is 0 Å². The molecule has 22 heavy (non-hydrogen) atoms. The molecule has 0 atom stereocenters. The Labute approximate surface area is 142 Å². The SMILES string of the molecule is Cc1ccccc1CSc1nnc(NCCc2cccs2)s1. The Balaban J connectivity index is 1.48. The van der Waals surface area contributed by atoms with Gasteiger partial charge in [0, 0.05) is 17.2 Å². The molecular weight excluding hydrogens is 330 g/mol. The molecule has 2 aromatic heterocycles. The van der Waals surface area contributed by atoms with Crippen molar-refractivity contribution in [2.75, 3.05) is 11.9 Å². The molecule has 1 aromatic carbocycles. The van der Waals surface area contributed by atoms with Gasteiger partial charge in [-0.15, -0.1) is 21.5 Å². The fourth-order valence-electron chi connectivity index (χ4n) is 2.00. The molecule has 0 radical (unpaired) electrons. The standard InChI is InChI=1S/C16H17N3S3/c1-12-5-2-3-6-13(12)11-21-16-19-18-15(22-16)17-9-8-14-7-4-10-20-14/h2-7,10H,8-9,11H2,1H3,(H,17,18). The topological polar surface area (TPSA) is 37.8 Å². The van der Waals surface area contributed by atoms with Crippen LogP contribution in [0.5, 0.6) is 0 Å². The maximum Gasteiger partial charge on any atom is 0.206 e. The number of aromatic nitrogens is 2. The summed E-state index contributed by atoms with van der Waals surface area (Å²) in [6.45, 7) is 3.05. The first-order chi connectivity index (χ1) is 10.8. The van der Waals surface area contributed by atoms with Gasteiger partial charge in [0.2, 0.25) is 5.13 Å². The lowest BCUT2D eigenvalue weighted by Crippen LogP contribution is -2.03. The predicted octanol–water partition coefficient (Wildman–Crippen LogP) is 4.85. The van der Waals surface area contributed by atoms with Crippen molar-refractivity contribution < 1.29 is 0 Å². The van der Waals surface area contributed by atoms with Gasteiger partial charge >= 0.3 is 0 Å². The van der Waals surface area contributed by atoms with Crippen LogP contribution in [0.1, 0.15) is 16.0 Å². The largest absolute Gasteiger partial charge is 0.360 e. The van der Waals surface area contributed by atoms with Gasteiger partial charge in [0.25, 0.3) is 0 Å². The van der Waals surface area contributed by atoms with E-state index in [0.29, 0.717) is 0 Å². The lowest BCUT2D eigenvalue weighted by molar-refractivity contribution is 0.980. The molecule has 3 aromatic rings. The average molecular weight is 348 g/mol. The van der Waals surface area contributed by atoms with Crippen LogP contribution < -0.4 is 5.32 Å². The summed E-state index contributed by atoms with van der Waals surface area (Å²) in [4.78, 5) is 1.39. The van der Waals surface area contributed by atoms with E-state index < -0.39 is 0 Å². The molecule has 3 nitrogen and oxygen atoms in total. The number of hydrogen-bond donors (Lipinski definition) is 1. The van der Waals surface area contributed by atoms with E-state index in [9.17, 15) is 0 Å². The normalized spacial score (nSPS) is 10.8. The van der Waals surface area contributed by atoms with Crippen molar-refractivity contribution in [1.82, 2.24) is 10.2 Å². The molecule has 1 N–H and O–H groups in total. The molecular formula is C16H17N3S3. The number of rotatable bonds is 7. The number of anilines is 1. The summed E-state index contributed by atoms with van der Waals surface area (Å²) < 4.78 is 1.02. The van der Waals surface area contributed by atoms with E-state index in [0.717, 1.165) is 28.2 Å². The Hall–Kier alpha value is -1.37. The highest BCUT2D eigenvalue weighted by atomic mass is 32.2. The van der Waals surface area contributed by atoms with Crippen molar-refractivity contribution in [3.63, 3.8) is 0 Å². The molecule has 0 amide bonds. The van der Waals surface area contributed by atoms with E-state index in [1.165, 1.54) is 16.0 Å². The molecule has 0 aliphatic rings. The summed E-state index contributed by atoms with van der Waals surface area (Å²) in [6, 6.07) is 12.7. The Kier molecular flexibility index (Phi) is 5.48. The van der Waals surface area contributed by atoms with Gasteiger partial charge in [-0.1, -0.05) is 53.4 Å². The summed E-state index contributed by atoms with van der Waals surface area (Å²) in [7, 11) is 0. The highest BCUT2D eigenvalue weighted by molar-refractivity contribution is 8.00. The molecule has 0 fully saturated rings. The fraction of sp³-hybridized carbons (Fsp3) is 0.250. The molecule has 0 bridgehead atoms. The quantitative estimate of drug-likeness (QED) is 0.620. The smallest absolute Gasteiger partial charge is 0.206 e. The van der Waals surface area contributed by atoms with Crippen molar-refractivity contribution in [2.45, 2.75) is 23.4 Å². The molecule has 2 heterocycles. The zero-order valence-electron chi connectivity index (χ0n) is 12.3. The van der Waals surface area contributed by atoms with Gasteiger partial charge in [-0.05, 0) is 35.9 Å². The van der Waals surface area contributed by atoms with Gasteiger partial charge in [0.1, 0.15) is 0 Å². The Morgan fingerprint density at radius 1 is 1.14 bits per heavy atom. The third-order valence-electron chi connectivity index (χ3n) is 3.25. The highest BCUT2D eigenvalue weighted by Gasteiger charge is 2.06. The van der Waals surface area contributed by atoms with Crippen molar-refractivity contribution in [2.24, 2.45) is 0 Å². The Morgan fingerprint density at radius 3 is 2.86 bits per heavy atom. The fourth-order valence-corrected chi connectivity index (χ4v) is 4.56. The van der Waals surface area contributed by atoms with Crippen LogP contribution in [0.25, 0.3) is 0 Å². The van der Waals surface area contributed by atoms with E-state index in [-0.39, 0.29) is 0 Å². The average Bonchev–Trinajstić information content (AvgIpc) is 3.18. The third-order valence-corrected chi connectivity index (χ3v) is 6.25. The number of thiophene rings is 1. The van der Waals surface area contributed by atoms with Crippen LogP contribution in [-0.2, 0) is 12.2 Å². The minimum Gasteiger partial charge on any atom is -0.360 e. The number of nitrogens with one attached hydrogen (secondary N) is 1. The third kappa shape index (κ3) is 4.32. The number of aryl methyl sites for hydroxylation is 1. The monoisotopic (exact) mass is 347 g/mol. The van der Waals surface area contributed by atoms with Crippen LogP contribution in [0.3, 0.4) is 0 Å². The van der Waals surface area contributed by atoms with E-state index >= 15 is 0 Å². The van der Waals surface area contributed by atoms with Crippen LogP contribution >= 0.6 is 34.4 Å². The van der Waals surface area contributed by atoms with Gasteiger partial charge in [-0.3, -0.25) is 0 Å². The summed E-state index contributed by atoms with van der Waals surface area (Å²) in [5, 5.41) is 14.8. The molecule has 114 valence electrons. The van der Waals surface area contributed by atoms with Gasteiger partial charge in [0.15, 0.2) is 4.34 Å². The lowest BCUT2D eigenvalue weighted by atomic mass is 10.1. The second-order valence-corrected chi connectivity index (χ2v) is 8.08. The Bertz CT molecular complexity index is 707. The molecule has 0 spiro atoms. The second kappa shape index (κ2) is 7.76. The van der Waals surface area contributed by atoms with Crippen molar-refractivity contribution >= 4 is 39.6 Å². The van der Waals surface area contributed by atoms with Crippen molar-refractivity contribution in [1.29, 1.82) is 0 Å². The minimum absolute atomic E-state index is 0.900. The van der Waals surface area contributed by atoms with Crippen molar-refractivity contribution in [3.8, 4) is 0 Å². The number of thioether (sulfide) groups is 1. The van der Waals surface area contributed by atoms with E-state index in [1.807, 2.05) is 0 Å². The maximum atomic E-state index is 4.25. The van der Waals surface area contributed by atoms with Crippen LogP contribution in [0, 0.1) is 6.92 Å². The zero-order valence-corrected chi connectivity index (χ0v) is 14.7. The predicted molar refractivity (Wildman–Crippen MR) is 97.2 cm³/mol. The first-order valence-corrected chi connectivity index (χ1v) is 9.76. The molecule has 0 aliphatic heterocycles. The number of nitrogens with zero attached hydrogens (tertiary/aromatic N) is 2. The van der Waals surface area contributed by atoms with E-state index in [1.54, 1.807) is 34.4 Å². The first kappa shape index (κ1) is 15.5. The van der Waals surface area contributed by atoms with E-state index in [4.69, 9.17) is 0 Å². The van der Waals surface area contributed by atoms with Gasteiger partial charge in [-0.2, -0.15) is 0 Å². The maximum absolute atomic E-state index is 4.25. The number of hydrogen-bond acceptors (Lipinski definition) is 6. The highest BCUT2D eigenvalue weighted by Crippen LogP contribution is 2.29. The summed E-state index contributed by atoms with van der Waals surface area (Å²) in [5.41, 5.74) is 2.68. The Morgan fingerprint density at radius 2 is 2.05 bits per heavy atom. The molecule has 0 saturated heterocycles. The summed E-state index contributed by atoms with van der Waals surface area (Å²) >= 11 is 5.17. The summed E-state index contributed by atoms with van der Waals surface area (Å²) in [6.07, 6.45) is 1.03. The van der Waals surface area contributed by atoms with Gasteiger partial charge in [0.05, 0.1) is 0 Å².